The predicted octanol–water partition coefficient (Wildman–Crippen LogP) is 3.60. The second-order valence-corrected chi connectivity index (χ2v) is 13.1. The van der Waals surface area contributed by atoms with E-state index in [0.717, 1.165) is 22.3 Å². The largest absolute Gasteiger partial charge is 0.395 e. The molecular weight excluding hydrogens is 691 g/mol. The summed E-state index contributed by atoms with van der Waals surface area (Å²) in [6.07, 6.45) is 2.30. The smallest absolute Gasteiger partial charge is 0.289 e. The van der Waals surface area contributed by atoms with Gasteiger partial charge in [0.1, 0.15) is 40.8 Å². The van der Waals surface area contributed by atoms with Crippen LogP contribution in [0.2, 0.25) is 0 Å². The molecule has 14 nitrogen and oxygen atoms in total. The number of carbonyl (C=O) groups is 2. The lowest BCUT2D eigenvalue weighted by atomic mass is 10.1. The number of imidazole rings is 1. The molecule has 2 amide bonds. The molecule has 2 aliphatic rings. The van der Waals surface area contributed by atoms with E-state index in [1.54, 1.807) is 22.9 Å². The topological polar surface area (TPSA) is 159 Å². The molecular formula is C36H34F3N11O3. The summed E-state index contributed by atoms with van der Waals surface area (Å²) in [6.45, 7) is 2.58. The third-order valence-electron chi connectivity index (χ3n) is 9.63. The first-order valence-corrected chi connectivity index (χ1v) is 17.1. The van der Waals surface area contributed by atoms with E-state index in [9.17, 15) is 23.5 Å². The van der Waals surface area contributed by atoms with Crippen molar-refractivity contribution >= 4 is 45.5 Å². The van der Waals surface area contributed by atoms with Crippen LogP contribution in [0.15, 0.2) is 54.7 Å². The molecule has 6 heterocycles. The summed E-state index contributed by atoms with van der Waals surface area (Å²) in [4.78, 5) is 49.6. The van der Waals surface area contributed by atoms with Gasteiger partial charge in [0, 0.05) is 57.0 Å². The third kappa shape index (κ3) is 6.15. The first kappa shape index (κ1) is 34.0. The van der Waals surface area contributed by atoms with Crippen LogP contribution in [0.1, 0.15) is 29.3 Å². The van der Waals surface area contributed by atoms with Crippen LogP contribution in [0.3, 0.4) is 0 Å². The average Bonchev–Trinajstić information content (AvgIpc) is 3.84. The van der Waals surface area contributed by atoms with Crippen molar-refractivity contribution in [3.63, 3.8) is 0 Å². The molecule has 0 unspecified atom stereocenters. The molecule has 4 aromatic heterocycles. The van der Waals surface area contributed by atoms with Crippen molar-refractivity contribution in [2.75, 3.05) is 43.5 Å². The Bertz CT molecular complexity index is 2420. The summed E-state index contributed by atoms with van der Waals surface area (Å²) < 4.78 is 47.0. The molecule has 2 aliphatic heterocycles. The van der Waals surface area contributed by atoms with Crippen molar-refractivity contribution in [2.45, 2.75) is 38.4 Å². The Labute approximate surface area is 300 Å². The Morgan fingerprint density at radius 2 is 1.89 bits per heavy atom. The molecule has 6 aromatic rings. The van der Waals surface area contributed by atoms with Crippen molar-refractivity contribution in [1.82, 2.24) is 44.5 Å². The highest BCUT2D eigenvalue weighted by Gasteiger charge is 2.41. The predicted molar refractivity (Wildman–Crippen MR) is 189 cm³/mol. The normalized spacial score (nSPS) is 17.6. The van der Waals surface area contributed by atoms with Crippen LogP contribution in [-0.4, -0.2) is 101 Å². The number of aliphatic hydroxyl groups is 1. The quantitative estimate of drug-likeness (QED) is 0.240. The van der Waals surface area contributed by atoms with Gasteiger partial charge in [-0.1, -0.05) is 6.07 Å². The number of likely N-dealkylation sites (N-methyl/N-ethyl adjacent to an activating group) is 1. The van der Waals surface area contributed by atoms with Gasteiger partial charge in [0.25, 0.3) is 5.91 Å². The number of amides is 2. The number of aryl methyl sites for hydroxylation is 2. The van der Waals surface area contributed by atoms with Crippen LogP contribution in [0.5, 0.6) is 0 Å². The summed E-state index contributed by atoms with van der Waals surface area (Å²) in [6, 6.07) is 10.2. The Morgan fingerprint density at radius 3 is 2.70 bits per heavy atom. The third-order valence-corrected chi connectivity index (χ3v) is 9.63. The molecule has 0 spiro atoms. The molecule has 2 aromatic carbocycles. The maximum absolute atomic E-state index is 15.1. The highest BCUT2D eigenvalue weighted by Crippen LogP contribution is 2.35. The van der Waals surface area contributed by atoms with Gasteiger partial charge in [0.05, 0.1) is 34.9 Å². The Morgan fingerprint density at radius 1 is 1.04 bits per heavy atom. The van der Waals surface area contributed by atoms with Gasteiger partial charge in [-0.15, -0.1) is 0 Å². The lowest BCUT2D eigenvalue weighted by Crippen LogP contribution is -2.45. The van der Waals surface area contributed by atoms with Gasteiger partial charge in [0.15, 0.2) is 11.5 Å². The average molecular weight is 726 g/mol. The van der Waals surface area contributed by atoms with E-state index in [-0.39, 0.29) is 54.6 Å². The highest BCUT2D eigenvalue weighted by molar-refractivity contribution is 5.98. The standard InChI is InChI=1S/C36H34F3N11O3/c1-19-42-27-15-21(38)13-23-26-5-3-6-30(44-26)43-22-16-29(36(53)47(2)10-4-11-48(19)31(23)27)49(18-22)33-24-17-41-50(28-8-7-20(37)14-25(28)39)34(24)46-32(45-33)35(52)40-9-12-51/h3,5-8,13-15,17,22,29,51H,4,9-12,16,18H2,1-2H3,(H,40,52)(H,43,44)/t22-,29-/m0/s1. The lowest BCUT2D eigenvalue weighted by Gasteiger charge is -2.29. The zero-order valence-electron chi connectivity index (χ0n) is 28.7. The first-order chi connectivity index (χ1) is 25.6. The number of fused-ring (bicyclic) bond motifs is 6. The van der Waals surface area contributed by atoms with Crippen molar-refractivity contribution in [2.24, 2.45) is 0 Å². The summed E-state index contributed by atoms with van der Waals surface area (Å²) in [7, 11) is 1.72. The fraction of sp³-hybridized carbons (Fsp3) is 0.306. The number of carbonyl (C=O) groups excluding carboxylic acids is 2. The van der Waals surface area contributed by atoms with E-state index in [1.807, 2.05) is 23.6 Å². The molecule has 0 saturated carbocycles. The molecule has 4 bridgehead atoms. The number of benzene rings is 2. The maximum atomic E-state index is 15.1. The SMILES string of the molecule is Cc1nc2cc(F)cc3c2n1CCCN(C)C(=O)[C@@H]1C[C@@H](CN1c1nc(C(=O)NCCO)nc2c1cnn2-c1ccc(F)cc1F)Nc1cccc-3n1. The number of nitrogens with one attached hydrogen (secondary N) is 2. The van der Waals surface area contributed by atoms with Gasteiger partial charge >= 0.3 is 0 Å². The minimum atomic E-state index is -0.901. The molecule has 8 rings (SSSR count). The number of pyridine rings is 1. The van der Waals surface area contributed by atoms with Crippen LogP contribution in [0.4, 0.5) is 24.8 Å². The number of aliphatic hydroxyl groups excluding tert-OH is 1. The van der Waals surface area contributed by atoms with Crippen LogP contribution in [0, 0.1) is 24.4 Å². The number of aromatic nitrogens is 7. The van der Waals surface area contributed by atoms with Crippen molar-refractivity contribution < 1.29 is 27.9 Å². The molecule has 2 atom stereocenters. The van der Waals surface area contributed by atoms with E-state index in [0.29, 0.717) is 59.7 Å². The number of hydrogen-bond acceptors (Lipinski definition) is 10. The summed E-state index contributed by atoms with van der Waals surface area (Å²) >= 11 is 0. The Kier molecular flexibility index (Phi) is 8.64. The molecule has 1 saturated heterocycles. The van der Waals surface area contributed by atoms with Crippen LogP contribution >= 0.6 is 0 Å². The molecule has 3 N–H and O–H groups in total. The second kappa shape index (κ2) is 13.5. The molecule has 1 fully saturated rings. The number of halogens is 3. The number of rotatable bonds is 5. The van der Waals surface area contributed by atoms with Crippen molar-refractivity contribution in [1.29, 1.82) is 0 Å². The van der Waals surface area contributed by atoms with Crippen LogP contribution < -0.4 is 15.5 Å². The summed E-state index contributed by atoms with van der Waals surface area (Å²) in [5.41, 5.74) is 2.37. The van der Waals surface area contributed by atoms with Crippen molar-refractivity contribution in [3.05, 3.63) is 83.8 Å². The van der Waals surface area contributed by atoms with Gasteiger partial charge < -0.3 is 30.1 Å². The van der Waals surface area contributed by atoms with Crippen molar-refractivity contribution in [3.8, 4) is 16.9 Å². The van der Waals surface area contributed by atoms with E-state index >= 15 is 4.39 Å². The van der Waals surface area contributed by atoms with Gasteiger partial charge in [-0.2, -0.15) is 5.10 Å². The molecule has 272 valence electrons. The van der Waals surface area contributed by atoms with E-state index in [4.69, 9.17) is 4.98 Å². The molecule has 17 heteroatoms. The number of hydrogen-bond donors (Lipinski definition) is 3. The molecule has 0 aliphatic carbocycles. The highest BCUT2D eigenvalue weighted by atomic mass is 19.1. The zero-order valence-corrected chi connectivity index (χ0v) is 28.7. The van der Waals surface area contributed by atoms with Gasteiger partial charge in [0.2, 0.25) is 11.7 Å². The zero-order chi connectivity index (χ0) is 37.0. The Balaban J connectivity index is 1.24. The lowest BCUT2D eigenvalue weighted by molar-refractivity contribution is -0.131. The minimum absolute atomic E-state index is 0.0510. The first-order valence-electron chi connectivity index (χ1n) is 17.1. The molecule has 53 heavy (non-hydrogen) atoms. The Hall–Kier alpha value is -6.10. The minimum Gasteiger partial charge on any atom is -0.395 e. The van der Waals surface area contributed by atoms with Gasteiger partial charge in [-0.25, -0.2) is 37.8 Å². The second-order valence-electron chi connectivity index (χ2n) is 13.1. The van der Waals surface area contributed by atoms with Crippen LogP contribution in [0.25, 0.3) is 39.0 Å². The fourth-order valence-corrected chi connectivity index (χ4v) is 7.22. The van der Waals surface area contributed by atoms with Crippen LogP contribution in [-0.2, 0) is 11.3 Å². The van der Waals surface area contributed by atoms with E-state index in [2.05, 4.69) is 30.7 Å². The van der Waals surface area contributed by atoms with E-state index in [1.165, 1.54) is 24.4 Å². The summed E-state index contributed by atoms with van der Waals surface area (Å²) in [5, 5.41) is 20.0. The number of anilines is 2. The maximum Gasteiger partial charge on any atom is 0.289 e. The van der Waals surface area contributed by atoms with Gasteiger partial charge in [-0.05, 0) is 50.1 Å². The molecule has 0 radical (unpaired) electrons. The van der Waals surface area contributed by atoms with Gasteiger partial charge in [-0.3, -0.25) is 9.59 Å². The fourth-order valence-electron chi connectivity index (χ4n) is 7.22. The number of nitrogens with zero attached hydrogens (tertiary/aromatic N) is 9. The van der Waals surface area contributed by atoms with E-state index < -0.39 is 29.4 Å². The summed E-state index contributed by atoms with van der Waals surface area (Å²) in [5.74, 6) is -1.90. The monoisotopic (exact) mass is 725 g/mol.